The van der Waals surface area contributed by atoms with Gasteiger partial charge in [0.25, 0.3) is 0 Å². The first-order chi connectivity index (χ1) is 8.00. The molecule has 0 unspecified atom stereocenters. The fraction of sp³-hybridized carbons (Fsp3) is 0.333. The van der Waals surface area contributed by atoms with Gasteiger partial charge >= 0.3 is 5.97 Å². The molecule has 2 aromatic heterocycles. The van der Waals surface area contributed by atoms with Crippen LogP contribution in [0.2, 0.25) is 0 Å². The second kappa shape index (κ2) is 4.08. The van der Waals surface area contributed by atoms with Crippen molar-refractivity contribution in [2.24, 2.45) is 7.05 Å². The first-order valence-corrected chi connectivity index (χ1v) is 5.35. The molecule has 0 spiro atoms. The monoisotopic (exact) mass is 234 g/mol. The summed E-state index contributed by atoms with van der Waals surface area (Å²) in [4.78, 5) is 15.2. The van der Waals surface area contributed by atoms with Crippen molar-refractivity contribution in [2.75, 3.05) is 0 Å². The molecule has 0 aliphatic rings. The Bertz CT molecular complexity index is 572. The first-order valence-electron chi connectivity index (χ1n) is 5.35. The number of aryl methyl sites for hydroxylation is 1. The molecule has 5 nitrogen and oxygen atoms in total. The number of pyridine rings is 1. The Kier molecular flexibility index (Phi) is 2.75. The van der Waals surface area contributed by atoms with E-state index < -0.39 is 5.97 Å². The van der Waals surface area contributed by atoms with Crippen molar-refractivity contribution in [3.63, 3.8) is 0 Å². The number of aromatic carboxylic acids is 1. The van der Waals surface area contributed by atoms with E-state index in [0.717, 1.165) is 0 Å². The van der Waals surface area contributed by atoms with Gasteiger partial charge in [0.15, 0.2) is 0 Å². The van der Waals surface area contributed by atoms with Gasteiger partial charge in [-0.3, -0.25) is 4.98 Å². The molecular formula is C12H14N2O3. The highest BCUT2D eigenvalue weighted by atomic mass is 16.5. The van der Waals surface area contributed by atoms with E-state index in [4.69, 9.17) is 9.84 Å². The zero-order valence-corrected chi connectivity index (χ0v) is 9.97. The Labute approximate surface area is 98.6 Å². The summed E-state index contributed by atoms with van der Waals surface area (Å²) in [5, 5.41) is 9.05. The van der Waals surface area contributed by atoms with Gasteiger partial charge in [0, 0.05) is 19.3 Å². The van der Waals surface area contributed by atoms with Gasteiger partial charge in [-0.2, -0.15) is 0 Å². The van der Waals surface area contributed by atoms with Gasteiger partial charge in [0.2, 0.25) is 0 Å². The number of carboxylic acid groups (broad SMARTS) is 1. The number of hydrogen-bond acceptors (Lipinski definition) is 3. The van der Waals surface area contributed by atoms with E-state index in [9.17, 15) is 4.79 Å². The molecule has 1 N–H and O–H groups in total. The number of aromatic nitrogens is 2. The topological polar surface area (TPSA) is 64.3 Å². The molecule has 2 rings (SSSR count). The predicted molar refractivity (Wildman–Crippen MR) is 63.4 cm³/mol. The summed E-state index contributed by atoms with van der Waals surface area (Å²) in [6.45, 7) is 3.85. The summed E-state index contributed by atoms with van der Waals surface area (Å²) in [5.41, 5.74) is 1.54. The van der Waals surface area contributed by atoms with Gasteiger partial charge in [0.1, 0.15) is 17.0 Å². The molecule has 0 aromatic carbocycles. The first kappa shape index (κ1) is 11.4. The smallest absolute Gasteiger partial charge is 0.352 e. The Morgan fingerprint density at radius 1 is 1.53 bits per heavy atom. The van der Waals surface area contributed by atoms with Crippen molar-refractivity contribution >= 4 is 17.0 Å². The maximum absolute atomic E-state index is 11.0. The van der Waals surface area contributed by atoms with Gasteiger partial charge < -0.3 is 14.4 Å². The third kappa shape index (κ3) is 1.95. The highest BCUT2D eigenvalue weighted by Gasteiger charge is 2.16. The van der Waals surface area contributed by atoms with E-state index >= 15 is 0 Å². The molecule has 2 aromatic rings. The van der Waals surface area contributed by atoms with Gasteiger partial charge in [-0.25, -0.2) is 4.79 Å². The molecule has 2 heterocycles. The van der Waals surface area contributed by atoms with E-state index in [1.807, 2.05) is 13.8 Å². The minimum atomic E-state index is -0.971. The number of carboxylic acids is 1. The fourth-order valence-corrected chi connectivity index (χ4v) is 1.80. The summed E-state index contributed by atoms with van der Waals surface area (Å²) >= 11 is 0. The molecule has 5 heteroatoms. The zero-order chi connectivity index (χ0) is 12.6. The normalized spacial score (nSPS) is 11.1. The van der Waals surface area contributed by atoms with Crippen LogP contribution in [0.25, 0.3) is 11.0 Å². The molecule has 0 radical (unpaired) electrons. The molecule has 90 valence electrons. The number of nitrogens with zero attached hydrogens (tertiary/aromatic N) is 2. The van der Waals surface area contributed by atoms with Gasteiger partial charge in [-0.1, -0.05) is 0 Å². The summed E-state index contributed by atoms with van der Waals surface area (Å²) in [6.07, 6.45) is 1.65. The lowest BCUT2D eigenvalue weighted by Gasteiger charge is -2.11. The van der Waals surface area contributed by atoms with E-state index in [1.165, 1.54) is 0 Å². The van der Waals surface area contributed by atoms with Crippen LogP contribution in [-0.4, -0.2) is 26.7 Å². The van der Waals surface area contributed by atoms with Gasteiger partial charge in [0.05, 0.1) is 11.6 Å². The summed E-state index contributed by atoms with van der Waals surface area (Å²) in [5.74, 6) is -0.319. The lowest BCUT2D eigenvalue weighted by molar-refractivity contribution is 0.0687. The Balaban J connectivity index is 2.66. The van der Waals surface area contributed by atoms with Crippen LogP contribution in [0.1, 0.15) is 24.3 Å². The molecule has 0 bridgehead atoms. The molecule has 0 aliphatic carbocycles. The van der Waals surface area contributed by atoms with Crippen molar-refractivity contribution in [1.29, 1.82) is 0 Å². The highest BCUT2D eigenvalue weighted by Crippen LogP contribution is 2.27. The Hall–Kier alpha value is -2.04. The fourth-order valence-electron chi connectivity index (χ4n) is 1.80. The quantitative estimate of drug-likeness (QED) is 0.882. The van der Waals surface area contributed by atoms with Crippen LogP contribution in [0.4, 0.5) is 0 Å². The number of carbonyl (C=O) groups is 1. The Morgan fingerprint density at radius 3 is 2.82 bits per heavy atom. The van der Waals surface area contributed by atoms with Crippen LogP contribution >= 0.6 is 0 Å². The lowest BCUT2D eigenvalue weighted by Crippen LogP contribution is -2.08. The van der Waals surface area contributed by atoms with Crippen LogP contribution in [0.3, 0.4) is 0 Å². The SMILES string of the molecule is CC(C)Oc1ccnc2cc(C(=O)O)n(C)c12. The maximum atomic E-state index is 11.0. The van der Waals surface area contributed by atoms with Crippen LogP contribution < -0.4 is 4.74 Å². The summed E-state index contributed by atoms with van der Waals surface area (Å²) < 4.78 is 7.23. The molecule has 0 fully saturated rings. The van der Waals surface area contributed by atoms with Crippen LogP contribution in [-0.2, 0) is 7.05 Å². The summed E-state index contributed by atoms with van der Waals surface area (Å²) in [6, 6.07) is 3.29. The minimum Gasteiger partial charge on any atom is -0.489 e. The lowest BCUT2D eigenvalue weighted by atomic mass is 10.3. The average Bonchev–Trinajstić information content (AvgIpc) is 2.56. The number of fused-ring (bicyclic) bond motifs is 1. The average molecular weight is 234 g/mol. The molecule has 0 saturated heterocycles. The number of ether oxygens (including phenoxy) is 1. The maximum Gasteiger partial charge on any atom is 0.352 e. The van der Waals surface area contributed by atoms with Gasteiger partial charge in [-0.15, -0.1) is 0 Å². The van der Waals surface area contributed by atoms with Gasteiger partial charge in [-0.05, 0) is 19.9 Å². The predicted octanol–water partition coefficient (Wildman–Crippen LogP) is 2.06. The van der Waals surface area contributed by atoms with Crippen molar-refractivity contribution in [1.82, 2.24) is 9.55 Å². The van der Waals surface area contributed by atoms with E-state index in [2.05, 4.69) is 4.98 Å². The molecule has 0 saturated carbocycles. The highest BCUT2D eigenvalue weighted by molar-refractivity contribution is 5.95. The van der Waals surface area contributed by atoms with Crippen LogP contribution in [0, 0.1) is 0 Å². The molecule has 17 heavy (non-hydrogen) atoms. The van der Waals surface area contributed by atoms with E-state index in [1.54, 1.807) is 29.9 Å². The number of rotatable bonds is 3. The molecule has 0 amide bonds. The molecular weight excluding hydrogens is 220 g/mol. The number of hydrogen-bond donors (Lipinski definition) is 1. The third-order valence-electron chi connectivity index (χ3n) is 2.47. The van der Waals surface area contributed by atoms with E-state index in [-0.39, 0.29) is 11.8 Å². The molecule has 0 atom stereocenters. The second-order valence-electron chi connectivity index (χ2n) is 4.10. The standard InChI is InChI=1S/C12H14N2O3/c1-7(2)17-10-4-5-13-8-6-9(12(15)16)14(3)11(8)10/h4-7H,1-3H3,(H,15,16). The summed E-state index contributed by atoms with van der Waals surface area (Å²) in [7, 11) is 1.70. The zero-order valence-electron chi connectivity index (χ0n) is 9.97. The van der Waals surface area contributed by atoms with Crippen molar-refractivity contribution in [2.45, 2.75) is 20.0 Å². The minimum absolute atomic E-state index is 0.0313. The molecule has 0 aliphatic heterocycles. The van der Waals surface area contributed by atoms with Crippen LogP contribution in [0.5, 0.6) is 5.75 Å². The largest absolute Gasteiger partial charge is 0.489 e. The second-order valence-corrected chi connectivity index (χ2v) is 4.10. The third-order valence-corrected chi connectivity index (χ3v) is 2.47. The van der Waals surface area contributed by atoms with Crippen molar-refractivity contribution in [3.8, 4) is 5.75 Å². The van der Waals surface area contributed by atoms with Crippen molar-refractivity contribution in [3.05, 3.63) is 24.0 Å². The van der Waals surface area contributed by atoms with Crippen LogP contribution in [0.15, 0.2) is 18.3 Å². The van der Waals surface area contributed by atoms with Crippen molar-refractivity contribution < 1.29 is 14.6 Å². The van der Waals surface area contributed by atoms with E-state index in [0.29, 0.717) is 16.8 Å². The Morgan fingerprint density at radius 2 is 2.24 bits per heavy atom.